The van der Waals surface area contributed by atoms with Crippen LogP contribution in [0.3, 0.4) is 0 Å². The first-order valence-corrected chi connectivity index (χ1v) is 16.3. The van der Waals surface area contributed by atoms with E-state index in [1.807, 2.05) is 54.9 Å². The Balaban J connectivity index is 1.06. The number of thiazole rings is 2. The number of hydrogen-bond donors (Lipinski definition) is 1. The zero-order chi connectivity index (χ0) is 28.6. The van der Waals surface area contributed by atoms with E-state index in [-0.39, 0.29) is 5.91 Å². The first-order valence-electron chi connectivity index (χ1n) is 13.8. The van der Waals surface area contributed by atoms with Crippen LogP contribution in [0, 0.1) is 6.92 Å². The van der Waals surface area contributed by atoms with Gasteiger partial charge in [0.2, 0.25) is 4.96 Å². The zero-order valence-corrected chi connectivity index (χ0v) is 25.6. The lowest BCUT2D eigenvalue weighted by molar-refractivity contribution is 0.0927. The molecule has 1 fully saturated rings. The summed E-state index contributed by atoms with van der Waals surface area (Å²) in [4.78, 5) is 27.8. The summed E-state index contributed by atoms with van der Waals surface area (Å²) in [5.41, 5.74) is 4.04. The topological polar surface area (TPSA) is 104 Å². The van der Waals surface area contributed by atoms with E-state index in [1.165, 1.54) is 30.6 Å². The van der Waals surface area contributed by atoms with Crippen LogP contribution in [0.4, 0.5) is 0 Å². The van der Waals surface area contributed by atoms with Gasteiger partial charge in [-0.05, 0) is 31.9 Å². The van der Waals surface area contributed by atoms with E-state index in [0.717, 1.165) is 60.0 Å². The first kappa shape index (κ1) is 27.0. The van der Waals surface area contributed by atoms with Crippen molar-refractivity contribution >= 4 is 55.1 Å². The number of hydrogen-bond acceptors (Lipinski definition) is 10. The van der Waals surface area contributed by atoms with Crippen molar-refractivity contribution in [1.29, 1.82) is 0 Å². The van der Waals surface area contributed by atoms with Gasteiger partial charge in [-0.25, -0.2) is 19.5 Å². The van der Waals surface area contributed by atoms with Gasteiger partial charge in [-0.2, -0.15) is 5.10 Å². The van der Waals surface area contributed by atoms with Crippen LogP contribution in [0.5, 0.6) is 11.5 Å². The molecule has 6 aromatic rings. The summed E-state index contributed by atoms with van der Waals surface area (Å²) in [6, 6.07) is 11.7. The molecule has 1 amide bonds. The van der Waals surface area contributed by atoms with Gasteiger partial charge >= 0.3 is 0 Å². The predicted octanol–water partition coefficient (Wildman–Crippen LogP) is 7.15. The second-order valence-corrected chi connectivity index (χ2v) is 13.3. The quantitative estimate of drug-likeness (QED) is 0.194. The smallest absolute Gasteiger partial charge is 0.251 e. The highest BCUT2D eigenvalue weighted by atomic mass is 32.1. The molecule has 1 aliphatic carbocycles. The third-order valence-corrected chi connectivity index (χ3v) is 10.2. The number of aryl methyl sites for hydroxylation is 1. The Morgan fingerprint density at radius 1 is 1.05 bits per heavy atom. The summed E-state index contributed by atoms with van der Waals surface area (Å²) in [6.45, 7) is 2.27. The molecule has 0 bridgehead atoms. The molecule has 214 valence electrons. The summed E-state index contributed by atoms with van der Waals surface area (Å²) in [5, 5.41) is 12.3. The van der Waals surface area contributed by atoms with Crippen LogP contribution >= 0.6 is 34.0 Å². The average Bonchev–Trinajstić information content (AvgIpc) is 3.79. The van der Waals surface area contributed by atoms with Crippen molar-refractivity contribution in [3.63, 3.8) is 0 Å². The number of fused-ring (bicyclic) bond motifs is 2. The number of imidazole rings is 1. The molecule has 0 unspecified atom stereocenters. The second-order valence-electron chi connectivity index (χ2n) is 10.3. The normalized spacial score (nSPS) is 14.0. The Kier molecular flexibility index (Phi) is 7.34. The van der Waals surface area contributed by atoms with Crippen molar-refractivity contribution in [2.45, 2.75) is 51.7 Å². The maximum absolute atomic E-state index is 12.7. The Morgan fingerprint density at radius 2 is 1.88 bits per heavy atom. The van der Waals surface area contributed by atoms with Gasteiger partial charge in [-0.3, -0.25) is 4.79 Å². The third-order valence-electron chi connectivity index (χ3n) is 7.29. The van der Waals surface area contributed by atoms with E-state index < -0.39 is 0 Å². The van der Waals surface area contributed by atoms with Crippen molar-refractivity contribution in [3.05, 3.63) is 64.2 Å². The molecule has 1 N–H and O–H groups in total. The molecule has 1 saturated carbocycles. The van der Waals surface area contributed by atoms with Gasteiger partial charge in [0.25, 0.3) is 5.91 Å². The minimum absolute atomic E-state index is 0.00277. The van der Waals surface area contributed by atoms with Gasteiger partial charge in [-0.15, -0.1) is 22.7 Å². The Labute approximate surface area is 254 Å². The van der Waals surface area contributed by atoms with E-state index in [2.05, 4.69) is 10.4 Å². The standard InChI is InChI=1S/C30H28N6O3S3/c1-17-35-36-14-24(34-30(36)41-17)29-33-23-12-22(38-2)13-25(26(23)42-29)39-15-21-16-40-28(32-21)19-10-8-18(9-11-19)27(37)31-20-6-4-3-5-7-20/h8-14,16,20H,3-7,15H2,1-2H3,(H,31,37). The maximum atomic E-state index is 12.7. The number of carbonyl (C=O) groups excluding carboxylic acids is 1. The molecular formula is C30H28N6O3S3. The number of aromatic nitrogens is 5. The largest absolute Gasteiger partial charge is 0.497 e. The molecule has 4 heterocycles. The van der Waals surface area contributed by atoms with Crippen molar-refractivity contribution < 1.29 is 14.3 Å². The summed E-state index contributed by atoms with van der Waals surface area (Å²) < 4.78 is 14.5. The monoisotopic (exact) mass is 616 g/mol. The second kappa shape index (κ2) is 11.4. The fourth-order valence-electron chi connectivity index (χ4n) is 5.15. The number of rotatable bonds is 8. The zero-order valence-electron chi connectivity index (χ0n) is 23.1. The highest BCUT2D eigenvalue weighted by Gasteiger charge is 2.18. The molecule has 12 heteroatoms. The number of nitrogens with zero attached hydrogens (tertiary/aromatic N) is 5. The minimum atomic E-state index is -0.00277. The Morgan fingerprint density at radius 3 is 2.67 bits per heavy atom. The predicted molar refractivity (Wildman–Crippen MR) is 167 cm³/mol. The maximum Gasteiger partial charge on any atom is 0.251 e. The molecule has 9 nitrogen and oxygen atoms in total. The van der Waals surface area contributed by atoms with Crippen LogP contribution in [0.2, 0.25) is 0 Å². The van der Waals surface area contributed by atoms with Crippen LogP contribution in [0.15, 0.2) is 48.0 Å². The molecule has 0 spiro atoms. The van der Waals surface area contributed by atoms with E-state index in [1.54, 1.807) is 34.3 Å². The van der Waals surface area contributed by atoms with Crippen molar-refractivity contribution in [3.8, 4) is 32.8 Å². The van der Waals surface area contributed by atoms with Crippen LogP contribution < -0.4 is 14.8 Å². The van der Waals surface area contributed by atoms with Gasteiger partial charge in [0.1, 0.15) is 38.8 Å². The fourth-order valence-corrected chi connectivity index (χ4v) is 7.65. The van der Waals surface area contributed by atoms with Crippen LogP contribution in [-0.4, -0.2) is 43.6 Å². The van der Waals surface area contributed by atoms with Crippen molar-refractivity contribution in [2.75, 3.05) is 7.11 Å². The molecule has 0 aliphatic heterocycles. The van der Waals surface area contributed by atoms with Crippen LogP contribution in [0.1, 0.15) is 53.2 Å². The van der Waals surface area contributed by atoms with E-state index in [9.17, 15) is 4.79 Å². The molecule has 42 heavy (non-hydrogen) atoms. The molecule has 7 rings (SSSR count). The lowest BCUT2D eigenvalue weighted by Gasteiger charge is -2.22. The van der Waals surface area contributed by atoms with Gasteiger partial charge in [-0.1, -0.05) is 42.7 Å². The van der Waals surface area contributed by atoms with Crippen LogP contribution in [-0.2, 0) is 6.61 Å². The first-order chi connectivity index (χ1) is 20.5. The van der Waals surface area contributed by atoms with Gasteiger partial charge < -0.3 is 14.8 Å². The Bertz CT molecular complexity index is 1850. The molecular weight excluding hydrogens is 589 g/mol. The minimum Gasteiger partial charge on any atom is -0.497 e. The molecule has 4 aromatic heterocycles. The van der Waals surface area contributed by atoms with E-state index in [4.69, 9.17) is 24.4 Å². The number of nitrogens with one attached hydrogen (secondary N) is 1. The highest BCUT2D eigenvalue weighted by Crippen LogP contribution is 2.39. The number of methoxy groups -OCH3 is 1. The molecule has 0 atom stereocenters. The lowest BCUT2D eigenvalue weighted by atomic mass is 9.95. The fraction of sp³-hybridized carbons (Fsp3) is 0.300. The molecule has 0 radical (unpaired) electrons. The molecule has 1 aliphatic rings. The highest BCUT2D eigenvalue weighted by molar-refractivity contribution is 7.22. The van der Waals surface area contributed by atoms with Crippen molar-refractivity contribution in [2.24, 2.45) is 0 Å². The van der Waals surface area contributed by atoms with Crippen LogP contribution in [0.25, 0.3) is 36.5 Å². The van der Waals surface area contributed by atoms with E-state index in [0.29, 0.717) is 29.7 Å². The van der Waals surface area contributed by atoms with E-state index >= 15 is 0 Å². The molecule has 2 aromatic carbocycles. The van der Waals surface area contributed by atoms with Gasteiger partial charge in [0, 0.05) is 34.7 Å². The average molecular weight is 617 g/mol. The number of ether oxygens (including phenoxy) is 2. The summed E-state index contributed by atoms with van der Waals surface area (Å²) >= 11 is 4.63. The third kappa shape index (κ3) is 5.49. The summed E-state index contributed by atoms with van der Waals surface area (Å²) in [5.74, 6) is 1.35. The number of carbonyl (C=O) groups is 1. The number of benzene rings is 2. The Hall–Kier alpha value is -3.87. The SMILES string of the molecule is COc1cc(OCc2csc(-c3ccc(C(=O)NC4CCCCC4)cc3)n2)c2sc(-c3cn4nc(C)sc4n3)nc2c1. The lowest BCUT2D eigenvalue weighted by Crippen LogP contribution is -2.36. The van der Waals surface area contributed by atoms with Crippen molar-refractivity contribution in [1.82, 2.24) is 29.9 Å². The van der Waals surface area contributed by atoms with Gasteiger partial charge in [0.05, 0.1) is 29.2 Å². The molecule has 0 saturated heterocycles. The number of amides is 1. The summed E-state index contributed by atoms with van der Waals surface area (Å²) in [6.07, 6.45) is 7.69. The van der Waals surface area contributed by atoms with Gasteiger partial charge in [0.15, 0.2) is 0 Å². The summed E-state index contributed by atoms with van der Waals surface area (Å²) in [7, 11) is 1.63.